The second-order valence-corrected chi connectivity index (χ2v) is 5.39. The Labute approximate surface area is 124 Å². The molecule has 0 fully saturated rings. The first kappa shape index (κ1) is 14.5. The first-order valence-electron chi connectivity index (χ1n) is 5.62. The molecule has 0 saturated carbocycles. The number of nitrogens with two attached hydrogens (primary N) is 1. The van der Waals surface area contributed by atoms with E-state index in [4.69, 9.17) is 17.3 Å². The van der Waals surface area contributed by atoms with E-state index in [1.165, 1.54) is 6.07 Å². The highest BCUT2D eigenvalue weighted by atomic mass is 79.9. The fraction of sp³-hybridized carbons (Fsp3) is 0.143. The first-order valence-corrected chi connectivity index (χ1v) is 6.79. The van der Waals surface area contributed by atoms with Crippen LogP contribution < -0.4 is 5.73 Å². The molecule has 0 radical (unpaired) electrons. The summed E-state index contributed by atoms with van der Waals surface area (Å²) in [5, 5.41) is 10.7. The van der Waals surface area contributed by atoms with Crippen LogP contribution in [0.4, 0.5) is 4.39 Å². The van der Waals surface area contributed by atoms with E-state index in [1.807, 2.05) is 6.07 Å². The van der Waals surface area contributed by atoms with Gasteiger partial charge in [0.25, 0.3) is 0 Å². The number of hydrogen-bond acceptors (Lipinski definition) is 2. The van der Waals surface area contributed by atoms with Gasteiger partial charge in [0.05, 0.1) is 5.02 Å². The van der Waals surface area contributed by atoms with Gasteiger partial charge in [-0.25, -0.2) is 4.39 Å². The SMILES string of the molecule is NCC(O)(c1ccccc1)c1ccc(Br)c(Cl)c1F. The lowest BCUT2D eigenvalue weighted by molar-refractivity contribution is 0.0861. The van der Waals surface area contributed by atoms with Crippen LogP contribution in [0.25, 0.3) is 0 Å². The van der Waals surface area contributed by atoms with E-state index in [9.17, 15) is 9.50 Å². The molecule has 19 heavy (non-hydrogen) atoms. The maximum Gasteiger partial charge on any atom is 0.149 e. The van der Waals surface area contributed by atoms with Crippen LogP contribution in [0.5, 0.6) is 0 Å². The minimum Gasteiger partial charge on any atom is -0.379 e. The fourth-order valence-electron chi connectivity index (χ4n) is 1.94. The van der Waals surface area contributed by atoms with E-state index in [0.717, 1.165) is 0 Å². The maximum absolute atomic E-state index is 14.3. The van der Waals surface area contributed by atoms with E-state index in [1.54, 1.807) is 30.3 Å². The molecule has 0 spiro atoms. The van der Waals surface area contributed by atoms with E-state index in [2.05, 4.69) is 15.9 Å². The molecule has 1 atom stereocenters. The lowest BCUT2D eigenvalue weighted by Gasteiger charge is -2.28. The molecule has 0 amide bonds. The summed E-state index contributed by atoms with van der Waals surface area (Å²) < 4.78 is 14.7. The van der Waals surface area contributed by atoms with Crippen LogP contribution in [0.1, 0.15) is 11.1 Å². The van der Waals surface area contributed by atoms with Gasteiger partial charge in [-0.1, -0.05) is 48.0 Å². The van der Waals surface area contributed by atoms with Crippen LogP contribution >= 0.6 is 27.5 Å². The van der Waals surface area contributed by atoms with Crippen molar-refractivity contribution < 1.29 is 9.50 Å². The highest BCUT2D eigenvalue weighted by Crippen LogP contribution is 2.36. The van der Waals surface area contributed by atoms with Crippen molar-refractivity contribution in [3.63, 3.8) is 0 Å². The van der Waals surface area contributed by atoms with E-state index in [-0.39, 0.29) is 17.1 Å². The lowest BCUT2D eigenvalue weighted by atomic mass is 9.86. The van der Waals surface area contributed by atoms with Gasteiger partial charge >= 0.3 is 0 Å². The first-order chi connectivity index (χ1) is 9.00. The summed E-state index contributed by atoms with van der Waals surface area (Å²) >= 11 is 9.00. The molecule has 2 nitrogen and oxygen atoms in total. The molecule has 3 N–H and O–H groups in total. The molecule has 0 aromatic heterocycles. The number of halogens is 3. The van der Waals surface area contributed by atoms with Gasteiger partial charge in [-0.15, -0.1) is 0 Å². The highest BCUT2D eigenvalue weighted by Gasteiger charge is 2.33. The Kier molecular flexibility index (Phi) is 4.26. The summed E-state index contributed by atoms with van der Waals surface area (Å²) in [5.41, 5.74) is 4.64. The number of aliphatic hydroxyl groups is 1. The number of hydrogen-bond donors (Lipinski definition) is 2. The van der Waals surface area contributed by atoms with Gasteiger partial charge in [0.15, 0.2) is 0 Å². The molecule has 5 heteroatoms. The van der Waals surface area contributed by atoms with Crippen LogP contribution in [0, 0.1) is 5.82 Å². The molecule has 100 valence electrons. The molecule has 0 aliphatic rings. The molecule has 0 bridgehead atoms. The van der Waals surface area contributed by atoms with Crippen LogP contribution in [0.3, 0.4) is 0 Å². The third kappa shape index (κ3) is 2.54. The Morgan fingerprint density at radius 3 is 2.42 bits per heavy atom. The molecular formula is C14H12BrClFNO. The predicted molar refractivity (Wildman–Crippen MR) is 77.6 cm³/mol. The Morgan fingerprint density at radius 2 is 1.84 bits per heavy atom. The van der Waals surface area contributed by atoms with E-state index < -0.39 is 11.4 Å². The molecule has 0 aliphatic heterocycles. The van der Waals surface area contributed by atoms with Gasteiger partial charge < -0.3 is 10.8 Å². The third-order valence-corrected chi connectivity index (χ3v) is 4.29. The van der Waals surface area contributed by atoms with Crippen LogP contribution in [-0.4, -0.2) is 11.7 Å². The zero-order valence-corrected chi connectivity index (χ0v) is 12.2. The average molecular weight is 345 g/mol. The number of rotatable bonds is 3. The van der Waals surface area contributed by atoms with Crippen molar-refractivity contribution in [2.45, 2.75) is 5.60 Å². The van der Waals surface area contributed by atoms with Gasteiger partial charge in [-0.2, -0.15) is 0 Å². The summed E-state index contributed by atoms with van der Waals surface area (Å²) in [6.45, 7) is -0.147. The Balaban J connectivity index is 2.63. The summed E-state index contributed by atoms with van der Waals surface area (Å²) in [6, 6.07) is 11.8. The van der Waals surface area contributed by atoms with Gasteiger partial charge in [0, 0.05) is 16.6 Å². The minimum absolute atomic E-state index is 0.0643. The predicted octanol–water partition coefficient (Wildman–Crippen LogP) is 3.44. The molecule has 0 aliphatic carbocycles. The lowest BCUT2D eigenvalue weighted by Crippen LogP contribution is -2.37. The summed E-state index contributed by atoms with van der Waals surface area (Å²) in [4.78, 5) is 0. The average Bonchev–Trinajstić information content (AvgIpc) is 2.45. The molecule has 2 rings (SSSR count). The van der Waals surface area contributed by atoms with Crippen LogP contribution in [0.2, 0.25) is 5.02 Å². The van der Waals surface area contributed by atoms with Crippen molar-refractivity contribution in [2.24, 2.45) is 5.73 Å². The second kappa shape index (κ2) is 5.59. The van der Waals surface area contributed by atoms with Crippen molar-refractivity contribution in [1.82, 2.24) is 0 Å². The van der Waals surface area contributed by atoms with E-state index >= 15 is 0 Å². The Morgan fingerprint density at radius 1 is 1.21 bits per heavy atom. The smallest absolute Gasteiger partial charge is 0.149 e. The Hall–Kier alpha value is -0.940. The van der Waals surface area contributed by atoms with Gasteiger partial charge in [-0.05, 0) is 27.6 Å². The highest BCUT2D eigenvalue weighted by molar-refractivity contribution is 9.10. The molecule has 1 unspecified atom stereocenters. The zero-order chi connectivity index (χ0) is 14.0. The van der Waals surface area contributed by atoms with Gasteiger partial charge in [0.2, 0.25) is 0 Å². The summed E-state index contributed by atoms with van der Waals surface area (Å²) in [5.74, 6) is -0.673. The Bertz CT molecular complexity index is 593. The van der Waals surface area contributed by atoms with Crippen LogP contribution in [-0.2, 0) is 5.60 Å². The van der Waals surface area contributed by atoms with Crippen LogP contribution in [0.15, 0.2) is 46.9 Å². The van der Waals surface area contributed by atoms with Crippen molar-refractivity contribution in [2.75, 3.05) is 6.54 Å². The minimum atomic E-state index is -1.60. The fourth-order valence-corrected chi connectivity index (χ4v) is 2.41. The van der Waals surface area contributed by atoms with Crippen molar-refractivity contribution >= 4 is 27.5 Å². The quantitative estimate of drug-likeness (QED) is 0.838. The second-order valence-electron chi connectivity index (χ2n) is 4.15. The van der Waals surface area contributed by atoms with Gasteiger partial charge in [-0.3, -0.25) is 0 Å². The maximum atomic E-state index is 14.3. The topological polar surface area (TPSA) is 46.2 Å². The zero-order valence-electron chi connectivity index (χ0n) is 9.91. The molecule has 2 aromatic carbocycles. The van der Waals surface area contributed by atoms with Gasteiger partial charge in [0.1, 0.15) is 11.4 Å². The standard InChI is InChI=1S/C14H12BrClFNO/c15-11-7-6-10(13(17)12(11)16)14(19,8-18)9-4-2-1-3-5-9/h1-7,19H,8,18H2. The molecule has 0 heterocycles. The van der Waals surface area contributed by atoms with Crippen molar-refractivity contribution in [3.05, 3.63) is 68.9 Å². The van der Waals surface area contributed by atoms with E-state index in [0.29, 0.717) is 10.0 Å². The summed E-state index contributed by atoms with van der Waals surface area (Å²) in [7, 11) is 0. The monoisotopic (exact) mass is 343 g/mol. The molecule has 0 saturated heterocycles. The normalized spacial score (nSPS) is 14.2. The number of benzene rings is 2. The molecular weight excluding hydrogens is 333 g/mol. The van der Waals surface area contributed by atoms with Crippen molar-refractivity contribution in [3.8, 4) is 0 Å². The summed E-state index contributed by atoms with van der Waals surface area (Å²) in [6.07, 6.45) is 0. The third-order valence-electron chi connectivity index (χ3n) is 3.03. The largest absolute Gasteiger partial charge is 0.379 e. The molecule has 2 aromatic rings. The van der Waals surface area contributed by atoms with Crippen molar-refractivity contribution in [1.29, 1.82) is 0 Å².